The number of aryl methyl sites for hydroxylation is 1. The summed E-state index contributed by atoms with van der Waals surface area (Å²) in [6.07, 6.45) is 0.465. The highest BCUT2D eigenvalue weighted by Gasteiger charge is 2.49. The number of hydrogen-bond acceptors (Lipinski definition) is 6. The second-order valence-corrected chi connectivity index (χ2v) is 15.6. The molecule has 6 aromatic carbocycles. The molecule has 310 valence electrons. The van der Waals surface area contributed by atoms with Crippen LogP contribution in [-0.2, 0) is 74.3 Å². The lowest BCUT2D eigenvalue weighted by molar-refractivity contribution is -0.275. The van der Waals surface area contributed by atoms with Gasteiger partial charge in [-0.2, -0.15) is 0 Å². The van der Waals surface area contributed by atoms with Crippen LogP contribution in [-0.4, -0.2) is 37.6 Å². The standard InChI is InChI=1S/C53H55ClO6/c1-3-29-55-37-46-32-48(54)45(30-40-27-25-39(4-2)26-28-40)31-47(46)50-52(58-35-43-21-13-7-14-22-43)53(59-36-44-23-15-8-16-24-44)51(57-34-42-19-11-6-12-20-42)49(60-50)38-56-33-41-17-9-5-10-18-41/h3,5-28,31-32,49-53H,1,4,29-30,33-38H2,2H3. The van der Waals surface area contributed by atoms with Gasteiger partial charge in [0.1, 0.15) is 30.5 Å². The molecule has 0 N–H and O–H groups in total. The minimum Gasteiger partial charge on any atom is -0.374 e. The Morgan fingerprint density at radius 2 is 1.03 bits per heavy atom. The third-order valence-corrected chi connectivity index (χ3v) is 11.2. The van der Waals surface area contributed by atoms with Gasteiger partial charge >= 0.3 is 0 Å². The van der Waals surface area contributed by atoms with Crippen molar-refractivity contribution in [1.29, 1.82) is 0 Å². The van der Waals surface area contributed by atoms with Gasteiger partial charge in [0.25, 0.3) is 0 Å². The van der Waals surface area contributed by atoms with E-state index in [0.717, 1.165) is 45.4 Å². The fourth-order valence-electron chi connectivity index (χ4n) is 7.61. The number of hydrogen-bond donors (Lipinski definition) is 0. The maximum Gasteiger partial charge on any atom is 0.117 e. The van der Waals surface area contributed by atoms with Crippen molar-refractivity contribution in [2.45, 2.75) is 83.3 Å². The average molecular weight is 823 g/mol. The van der Waals surface area contributed by atoms with Gasteiger partial charge in [0.15, 0.2) is 0 Å². The predicted octanol–water partition coefficient (Wildman–Crippen LogP) is 11.6. The summed E-state index contributed by atoms with van der Waals surface area (Å²) in [5.74, 6) is 0. The van der Waals surface area contributed by atoms with Gasteiger partial charge in [-0.15, -0.1) is 6.58 Å². The van der Waals surface area contributed by atoms with E-state index in [9.17, 15) is 0 Å². The Morgan fingerprint density at radius 3 is 1.57 bits per heavy atom. The van der Waals surface area contributed by atoms with Crippen molar-refractivity contribution in [1.82, 2.24) is 0 Å². The maximum atomic E-state index is 7.34. The first kappa shape index (κ1) is 43.2. The van der Waals surface area contributed by atoms with Crippen molar-refractivity contribution >= 4 is 11.6 Å². The molecule has 60 heavy (non-hydrogen) atoms. The number of rotatable bonds is 21. The van der Waals surface area contributed by atoms with E-state index < -0.39 is 30.5 Å². The Labute approximate surface area is 360 Å². The normalized spacial score (nSPS) is 18.9. The third kappa shape index (κ3) is 12.1. The van der Waals surface area contributed by atoms with Crippen LogP contribution in [0.3, 0.4) is 0 Å². The fourth-order valence-corrected chi connectivity index (χ4v) is 7.86. The van der Waals surface area contributed by atoms with Crippen molar-refractivity contribution in [2.24, 2.45) is 0 Å². The summed E-state index contributed by atoms with van der Waals surface area (Å²) in [7, 11) is 0. The highest BCUT2D eigenvalue weighted by atomic mass is 35.5. The summed E-state index contributed by atoms with van der Waals surface area (Å²) in [6, 6.07) is 53.7. The molecule has 1 aliphatic rings. The van der Waals surface area contributed by atoms with Crippen molar-refractivity contribution in [3.8, 4) is 0 Å². The highest BCUT2D eigenvalue weighted by molar-refractivity contribution is 6.31. The lowest BCUT2D eigenvalue weighted by Crippen LogP contribution is -2.58. The van der Waals surface area contributed by atoms with Crippen molar-refractivity contribution in [3.63, 3.8) is 0 Å². The van der Waals surface area contributed by atoms with E-state index in [1.807, 2.05) is 78.9 Å². The van der Waals surface area contributed by atoms with E-state index in [2.05, 4.69) is 92.4 Å². The average Bonchev–Trinajstić information content (AvgIpc) is 3.29. The summed E-state index contributed by atoms with van der Waals surface area (Å²) >= 11 is 7.15. The zero-order valence-corrected chi connectivity index (χ0v) is 35.1. The SMILES string of the molecule is C=CCOCc1cc(Cl)c(Cc2ccc(CC)cc2)cc1C1OC(COCc2ccccc2)C(OCc2ccccc2)C(OCc2ccccc2)C1OCc1ccccc1. The van der Waals surface area contributed by atoms with E-state index in [4.69, 9.17) is 40.0 Å². The van der Waals surface area contributed by atoms with Crippen molar-refractivity contribution in [2.75, 3.05) is 13.2 Å². The predicted molar refractivity (Wildman–Crippen MR) is 239 cm³/mol. The van der Waals surface area contributed by atoms with Crippen LogP contribution >= 0.6 is 11.6 Å². The monoisotopic (exact) mass is 822 g/mol. The van der Waals surface area contributed by atoms with E-state index in [1.54, 1.807) is 6.08 Å². The van der Waals surface area contributed by atoms with Gasteiger partial charge in [-0.3, -0.25) is 0 Å². The van der Waals surface area contributed by atoms with Gasteiger partial charge in [0.05, 0.1) is 46.2 Å². The van der Waals surface area contributed by atoms with Crippen LogP contribution in [0, 0.1) is 0 Å². The Morgan fingerprint density at radius 1 is 0.533 bits per heavy atom. The molecule has 0 bridgehead atoms. The number of ether oxygens (including phenoxy) is 6. The van der Waals surface area contributed by atoms with Crippen molar-refractivity contribution < 1.29 is 28.4 Å². The third-order valence-electron chi connectivity index (χ3n) is 10.8. The molecule has 0 amide bonds. The lowest BCUT2D eigenvalue weighted by atomic mass is 9.87. The summed E-state index contributed by atoms with van der Waals surface area (Å²) in [4.78, 5) is 0. The van der Waals surface area contributed by atoms with Gasteiger partial charge < -0.3 is 28.4 Å². The first-order valence-electron chi connectivity index (χ1n) is 20.9. The molecular weight excluding hydrogens is 768 g/mol. The summed E-state index contributed by atoms with van der Waals surface area (Å²) in [5, 5.41) is 0.664. The minimum absolute atomic E-state index is 0.258. The molecule has 0 aromatic heterocycles. The van der Waals surface area contributed by atoms with E-state index >= 15 is 0 Å². The molecule has 5 atom stereocenters. The van der Waals surface area contributed by atoms with Crippen LogP contribution < -0.4 is 0 Å². The molecule has 0 radical (unpaired) electrons. The number of halogens is 1. The largest absolute Gasteiger partial charge is 0.374 e. The summed E-state index contributed by atoms with van der Waals surface area (Å²) in [6.45, 7) is 8.45. The van der Waals surface area contributed by atoms with E-state index in [-0.39, 0.29) is 6.61 Å². The van der Waals surface area contributed by atoms with E-state index in [0.29, 0.717) is 51.1 Å². The molecule has 1 heterocycles. The zero-order valence-electron chi connectivity index (χ0n) is 34.4. The molecular formula is C53H55ClO6. The molecule has 1 aliphatic heterocycles. The maximum absolute atomic E-state index is 7.34. The molecule has 0 aliphatic carbocycles. The fraction of sp³-hybridized carbons (Fsp3) is 0.283. The Hall–Kier alpha value is -4.89. The Balaban J connectivity index is 1.32. The van der Waals surface area contributed by atoms with Crippen LogP contribution in [0.25, 0.3) is 0 Å². The minimum atomic E-state index is -0.615. The lowest BCUT2D eigenvalue weighted by Gasteiger charge is -2.47. The second kappa shape index (κ2) is 22.6. The number of benzene rings is 6. The van der Waals surface area contributed by atoms with Gasteiger partial charge in [-0.05, 0) is 69.0 Å². The molecule has 0 saturated carbocycles. The van der Waals surface area contributed by atoms with Gasteiger partial charge in [-0.25, -0.2) is 0 Å². The molecule has 5 unspecified atom stereocenters. The Bertz CT molecular complexity index is 2170. The van der Waals surface area contributed by atoms with Gasteiger partial charge in [-0.1, -0.05) is 176 Å². The van der Waals surface area contributed by atoms with E-state index in [1.165, 1.54) is 11.1 Å². The molecule has 7 heteroatoms. The molecule has 1 saturated heterocycles. The molecule has 1 fully saturated rings. The zero-order chi connectivity index (χ0) is 41.4. The first-order chi connectivity index (χ1) is 29.6. The first-order valence-corrected chi connectivity index (χ1v) is 21.3. The molecule has 0 spiro atoms. The van der Waals surface area contributed by atoms with Gasteiger partial charge in [0.2, 0.25) is 0 Å². The van der Waals surface area contributed by atoms with Crippen LogP contribution in [0.1, 0.15) is 63.1 Å². The van der Waals surface area contributed by atoms with Crippen molar-refractivity contribution in [3.05, 3.63) is 225 Å². The van der Waals surface area contributed by atoms with Crippen LogP contribution in [0.5, 0.6) is 0 Å². The Kier molecular flexibility index (Phi) is 16.3. The van der Waals surface area contributed by atoms with Crippen LogP contribution in [0.15, 0.2) is 170 Å². The molecule has 6 nitrogen and oxygen atoms in total. The topological polar surface area (TPSA) is 55.4 Å². The van der Waals surface area contributed by atoms with Crippen LogP contribution in [0.4, 0.5) is 0 Å². The summed E-state index contributed by atoms with van der Waals surface area (Å²) in [5.41, 5.74) is 9.46. The highest BCUT2D eigenvalue weighted by Crippen LogP contribution is 2.41. The summed E-state index contributed by atoms with van der Waals surface area (Å²) < 4.78 is 41.1. The molecule has 7 rings (SSSR count). The quantitative estimate of drug-likeness (QED) is 0.0532. The second-order valence-electron chi connectivity index (χ2n) is 15.2. The molecule has 6 aromatic rings. The van der Waals surface area contributed by atoms with Gasteiger partial charge in [0, 0.05) is 5.02 Å². The van der Waals surface area contributed by atoms with Crippen LogP contribution in [0.2, 0.25) is 5.02 Å². The smallest absolute Gasteiger partial charge is 0.117 e.